The summed E-state index contributed by atoms with van der Waals surface area (Å²) < 4.78 is 0. The number of fused-ring (bicyclic) bond motifs is 1. The number of unbranched alkanes of at least 4 members (excludes halogenated alkanes) is 3. The van der Waals surface area contributed by atoms with Crippen LogP contribution in [0.1, 0.15) is 55.8 Å². The highest BCUT2D eigenvalue weighted by Crippen LogP contribution is 2.45. The quantitative estimate of drug-likeness (QED) is 0.227. The number of benzene rings is 1. The molecular weight excluding hydrogens is 450 g/mol. The second kappa shape index (κ2) is 10.6. The molecule has 0 aromatic heterocycles. The van der Waals surface area contributed by atoms with E-state index >= 15 is 0 Å². The molecule has 11 heteroatoms. The molecule has 0 aliphatic carbocycles. The Morgan fingerprint density at radius 3 is 2.48 bits per heavy atom. The van der Waals surface area contributed by atoms with E-state index in [0.29, 0.717) is 24.2 Å². The molecule has 2 atom stereocenters. The minimum atomic E-state index is -1.06. The third kappa shape index (κ3) is 5.59. The number of nitrogens with zero attached hydrogens (tertiary/aromatic N) is 2. The summed E-state index contributed by atoms with van der Waals surface area (Å²) in [6.45, 7) is 1.74. The van der Waals surface area contributed by atoms with E-state index in [4.69, 9.17) is 0 Å². The van der Waals surface area contributed by atoms with E-state index in [-0.39, 0.29) is 40.6 Å². The van der Waals surface area contributed by atoms with E-state index in [9.17, 15) is 34.4 Å². The third-order valence-corrected chi connectivity index (χ3v) is 7.21. The Morgan fingerprint density at radius 2 is 1.85 bits per heavy atom. The number of amides is 3. The lowest BCUT2D eigenvalue weighted by Gasteiger charge is -2.49. The molecule has 0 spiro atoms. The molecule has 1 saturated heterocycles. The van der Waals surface area contributed by atoms with Gasteiger partial charge in [0.15, 0.2) is 0 Å². The molecule has 0 radical (unpaired) electrons. The molecule has 1 unspecified atom stereocenters. The number of nitro groups is 1. The van der Waals surface area contributed by atoms with Crippen molar-refractivity contribution in [1.29, 1.82) is 0 Å². The van der Waals surface area contributed by atoms with Crippen LogP contribution in [-0.4, -0.2) is 49.7 Å². The first-order chi connectivity index (χ1) is 15.7. The van der Waals surface area contributed by atoms with Crippen molar-refractivity contribution >= 4 is 41.1 Å². The van der Waals surface area contributed by atoms with Crippen LogP contribution in [0.15, 0.2) is 35.5 Å². The fourth-order valence-electron chi connectivity index (χ4n) is 3.99. The molecule has 1 aromatic carbocycles. The van der Waals surface area contributed by atoms with Crippen LogP contribution in [0.5, 0.6) is 0 Å². The lowest BCUT2D eigenvalue weighted by Crippen LogP contribution is -2.61. The second-order valence-corrected chi connectivity index (χ2v) is 9.19. The van der Waals surface area contributed by atoms with Gasteiger partial charge in [-0.3, -0.25) is 34.7 Å². The van der Waals surface area contributed by atoms with Crippen molar-refractivity contribution in [3.8, 4) is 0 Å². The summed E-state index contributed by atoms with van der Waals surface area (Å²) in [4.78, 5) is 59.4. The molecule has 2 heterocycles. The first-order valence-corrected chi connectivity index (χ1v) is 11.7. The zero-order chi connectivity index (χ0) is 24.1. The molecule has 33 heavy (non-hydrogen) atoms. The second-order valence-electron chi connectivity index (χ2n) is 8.08. The number of hydrogen-bond acceptors (Lipinski definition) is 7. The summed E-state index contributed by atoms with van der Waals surface area (Å²) >= 11 is 1.60. The maximum absolute atomic E-state index is 12.4. The van der Waals surface area contributed by atoms with Crippen LogP contribution in [0.25, 0.3) is 0 Å². The number of carbonyl (C=O) groups excluding carboxylic acids is 3. The molecular formula is C22H25N3O7S. The van der Waals surface area contributed by atoms with E-state index in [2.05, 4.69) is 5.32 Å². The number of rotatable bonds is 10. The minimum Gasteiger partial charge on any atom is -0.477 e. The van der Waals surface area contributed by atoms with Gasteiger partial charge in [-0.15, -0.1) is 11.8 Å². The highest BCUT2D eigenvalue weighted by Gasteiger charge is 2.52. The first kappa shape index (κ1) is 24.4. The molecule has 3 rings (SSSR count). The van der Waals surface area contributed by atoms with Crippen molar-refractivity contribution in [1.82, 2.24) is 10.2 Å². The van der Waals surface area contributed by atoms with Crippen LogP contribution < -0.4 is 5.32 Å². The monoisotopic (exact) mass is 475 g/mol. The average Bonchev–Trinajstić information content (AvgIpc) is 2.78. The van der Waals surface area contributed by atoms with Crippen molar-refractivity contribution in [3.05, 3.63) is 51.2 Å². The minimum absolute atomic E-state index is 0.108. The number of nitro benzene ring substituents is 1. The van der Waals surface area contributed by atoms with Crippen molar-refractivity contribution < 1.29 is 29.2 Å². The van der Waals surface area contributed by atoms with Gasteiger partial charge in [0, 0.05) is 29.9 Å². The highest BCUT2D eigenvalue weighted by molar-refractivity contribution is 8.00. The molecule has 176 valence electrons. The number of imide groups is 1. The number of aliphatic carboxylic acids is 1. The number of hydrogen-bond donors (Lipinski definition) is 2. The Kier molecular flexibility index (Phi) is 7.85. The van der Waals surface area contributed by atoms with Gasteiger partial charge < -0.3 is 5.11 Å². The van der Waals surface area contributed by atoms with Crippen LogP contribution in [0.3, 0.4) is 0 Å². The maximum atomic E-state index is 12.4. The van der Waals surface area contributed by atoms with Gasteiger partial charge in [-0.05, 0) is 37.5 Å². The first-order valence-electron chi connectivity index (χ1n) is 10.7. The molecule has 1 aromatic rings. The topological polar surface area (TPSA) is 147 Å². The van der Waals surface area contributed by atoms with Crippen LogP contribution in [0, 0.1) is 16.0 Å². The van der Waals surface area contributed by atoms with E-state index in [1.165, 1.54) is 29.2 Å². The molecule has 2 aliphatic heterocycles. The van der Waals surface area contributed by atoms with Crippen LogP contribution in [0.4, 0.5) is 5.69 Å². The summed E-state index contributed by atoms with van der Waals surface area (Å²) in [5.74, 6) is -1.76. The molecule has 2 N–H and O–H groups in total. The number of carboxylic acids is 1. The fraction of sp³-hybridized carbons (Fsp3) is 0.455. The summed E-state index contributed by atoms with van der Waals surface area (Å²) in [5.41, 5.74) is 0.866. The predicted octanol–water partition coefficient (Wildman–Crippen LogP) is 3.08. The Bertz CT molecular complexity index is 1010. The predicted molar refractivity (Wildman–Crippen MR) is 120 cm³/mol. The van der Waals surface area contributed by atoms with Gasteiger partial charge in [0.1, 0.15) is 5.70 Å². The summed E-state index contributed by atoms with van der Waals surface area (Å²) in [7, 11) is 0. The van der Waals surface area contributed by atoms with E-state index in [0.717, 1.165) is 19.3 Å². The van der Waals surface area contributed by atoms with Gasteiger partial charge >= 0.3 is 5.97 Å². The summed E-state index contributed by atoms with van der Waals surface area (Å²) in [6, 6.07) is 5.00. The van der Waals surface area contributed by atoms with Crippen molar-refractivity contribution in [2.24, 2.45) is 5.92 Å². The van der Waals surface area contributed by atoms with E-state index in [1.54, 1.807) is 18.7 Å². The largest absolute Gasteiger partial charge is 0.477 e. The summed E-state index contributed by atoms with van der Waals surface area (Å²) in [6.07, 6.45) is 3.85. The maximum Gasteiger partial charge on any atom is 0.352 e. The van der Waals surface area contributed by atoms with Gasteiger partial charge in [-0.2, -0.15) is 0 Å². The van der Waals surface area contributed by atoms with Crippen molar-refractivity contribution in [2.45, 2.75) is 50.8 Å². The fourth-order valence-corrected chi connectivity index (χ4v) is 5.39. The Hall–Kier alpha value is -3.21. The van der Waals surface area contributed by atoms with Gasteiger partial charge in [0.05, 0.1) is 16.2 Å². The SMILES string of the molecule is CC1=C(C(=O)O)N2C(=O)C(CCCCCCC(=O)NC(=O)c3ccc([N+](=O)[O-])cc3)[C@@H]2SC1. The van der Waals surface area contributed by atoms with Crippen molar-refractivity contribution in [3.63, 3.8) is 0 Å². The molecule has 2 aliphatic rings. The van der Waals surface area contributed by atoms with Gasteiger partial charge in [0.2, 0.25) is 11.8 Å². The molecule has 3 amide bonds. The zero-order valence-corrected chi connectivity index (χ0v) is 18.9. The van der Waals surface area contributed by atoms with Gasteiger partial charge in [-0.1, -0.05) is 19.3 Å². The Morgan fingerprint density at radius 1 is 1.18 bits per heavy atom. The smallest absolute Gasteiger partial charge is 0.352 e. The number of carbonyl (C=O) groups is 4. The Balaban J connectivity index is 1.32. The van der Waals surface area contributed by atoms with E-state index < -0.39 is 22.7 Å². The van der Waals surface area contributed by atoms with Crippen LogP contribution >= 0.6 is 11.8 Å². The number of nitrogens with one attached hydrogen (secondary N) is 1. The lowest BCUT2D eigenvalue weighted by atomic mass is 9.90. The number of β-lactam (4-membered cyclic amide) rings is 1. The number of thioether (sulfide) groups is 1. The third-order valence-electron chi connectivity index (χ3n) is 5.73. The molecule has 10 nitrogen and oxygen atoms in total. The number of non-ortho nitro benzene ring substituents is 1. The normalized spacial score (nSPS) is 19.5. The lowest BCUT2D eigenvalue weighted by molar-refractivity contribution is -0.384. The van der Waals surface area contributed by atoms with E-state index in [1.807, 2.05) is 0 Å². The standard InChI is InChI=1S/C22H25N3O7S/c1-13-12-33-21-16(20(28)24(21)18(13)22(29)30)6-4-2-3-5-7-17(26)23-19(27)14-8-10-15(11-9-14)25(31)32/h8-11,16,21H,2-7,12H2,1H3,(H,29,30)(H,23,26,27)/t16?,21-/m0/s1. The Labute approximate surface area is 194 Å². The van der Waals surface area contributed by atoms with Crippen molar-refractivity contribution in [2.75, 3.05) is 5.75 Å². The van der Waals surface area contributed by atoms with Crippen LogP contribution in [0.2, 0.25) is 0 Å². The number of carboxylic acid groups (broad SMARTS) is 1. The highest BCUT2D eigenvalue weighted by atomic mass is 32.2. The molecule has 1 fully saturated rings. The van der Waals surface area contributed by atoms with Crippen LogP contribution in [-0.2, 0) is 14.4 Å². The average molecular weight is 476 g/mol. The summed E-state index contributed by atoms with van der Waals surface area (Å²) in [5, 5.41) is 22.2. The molecule has 0 bridgehead atoms. The molecule has 0 saturated carbocycles. The zero-order valence-electron chi connectivity index (χ0n) is 18.1. The van der Waals surface area contributed by atoms with Gasteiger partial charge in [-0.25, -0.2) is 4.79 Å². The van der Waals surface area contributed by atoms with Gasteiger partial charge in [0.25, 0.3) is 11.6 Å².